The van der Waals surface area contributed by atoms with Crippen LogP contribution < -0.4 is 4.90 Å². The first-order valence-electron chi connectivity index (χ1n) is 10.5. The number of rotatable bonds is 2. The fourth-order valence-electron chi connectivity index (χ4n) is 3.37. The standard InChI is InChI=1S/C19H18ClN5O.2C2H6/c1-13-12-24(19(26)14-6-3-2-4-7-14)10-11-25(13)18-15-8-5-9-21-16(15)17(20)22-23-18;2*1-2/h2-9,13H,10-12H2,1H3;2*1-2H3. The van der Waals surface area contributed by atoms with Crippen molar-refractivity contribution in [2.24, 2.45) is 0 Å². The van der Waals surface area contributed by atoms with Crippen LogP contribution in [0.2, 0.25) is 5.15 Å². The Morgan fingerprint density at radius 2 is 1.70 bits per heavy atom. The second-order valence-corrected chi connectivity index (χ2v) is 6.73. The van der Waals surface area contributed by atoms with Crippen LogP contribution in [0.25, 0.3) is 10.9 Å². The van der Waals surface area contributed by atoms with Crippen molar-refractivity contribution in [3.05, 3.63) is 59.4 Å². The second kappa shape index (κ2) is 11.5. The van der Waals surface area contributed by atoms with Crippen molar-refractivity contribution in [3.63, 3.8) is 0 Å². The minimum atomic E-state index is 0.0609. The Labute approximate surface area is 183 Å². The van der Waals surface area contributed by atoms with E-state index in [1.54, 1.807) is 6.20 Å². The van der Waals surface area contributed by atoms with Crippen LogP contribution in [0.4, 0.5) is 5.82 Å². The highest BCUT2D eigenvalue weighted by atomic mass is 35.5. The van der Waals surface area contributed by atoms with E-state index in [4.69, 9.17) is 11.6 Å². The Bertz CT molecular complexity index is 951. The third-order valence-electron chi connectivity index (χ3n) is 4.68. The molecule has 1 saturated heterocycles. The number of anilines is 1. The number of fused-ring (bicyclic) bond motifs is 1. The van der Waals surface area contributed by atoms with Crippen molar-refractivity contribution < 1.29 is 4.79 Å². The molecule has 0 spiro atoms. The molecule has 160 valence electrons. The van der Waals surface area contributed by atoms with Gasteiger partial charge in [-0.25, -0.2) is 0 Å². The average molecular weight is 428 g/mol. The van der Waals surface area contributed by atoms with Crippen LogP contribution in [0, 0.1) is 0 Å². The van der Waals surface area contributed by atoms with E-state index in [0.29, 0.717) is 35.9 Å². The fourth-order valence-corrected chi connectivity index (χ4v) is 3.56. The van der Waals surface area contributed by atoms with Crippen molar-refractivity contribution >= 4 is 34.2 Å². The van der Waals surface area contributed by atoms with Gasteiger partial charge >= 0.3 is 0 Å². The number of aromatic nitrogens is 3. The maximum Gasteiger partial charge on any atom is 0.253 e. The van der Waals surface area contributed by atoms with Crippen LogP contribution in [0.15, 0.2) is 48.7 Å². The summed E-state index contributed by atoms with van der Waals surface area (Å²) in [6, 6.07) is 13.3. The number of carbonyl (C=O) groups is 1. The van der Waals surface area contributed by atoms with Gasteiger partial charge in [0.15, 0.2) is 11.0 Å². The van der Waals surface area contributed by atoms with E-state index in [2.05, 4.69) is 27.0 Å². The average Bonchev–Trinajstić information content (AvgIpc) is 2.82. The van der Waals surface area contributed by atoms with Gasteiger partial charge in [-0.1, -0.05) is 57.5 Å². The van der Waals surface area contributed by atoms with E-state index < -0.39 is 0 Å². The molecule has 6 nitrogen and oxygen atoms in total. The lowest BCUT2D eigenvalue weighted by Gasteiger charge is -2.40. The minimum Gasteiger partial charge on any atom is -0.348 e. The first kappa shape index (κ1) is 23.5. The summed E-state index contributed by atoms with van der Waals surface area (Å²) in [6.07, 6.45) is 1.69. The molecule has 0 bridgehead atoms. The summed E-state index contributed by atoms with van der Waals surface area (Å²) in [6.45, 7) is 12.0. The first-order chi connectivity index (χ1) is 14.6. The molecule has 30 heavy (non-hydrogen) atoms. The Morgan fingerprint density at radius 1 is 1.00 bits per heavy atom. The van der Waals surface area contributed by atoms with Crippen LogP contribution in [0.5, 0.6) is 0 Å². The van der Waals surface area contributed by atoms with Crippen molar-refractivity contribution in [1.29, 1.82) is 0 Å². The molecule has 3 heterocycles. The lowest BCUT2D eigenvalue weighted by atomic mass is 10.1. The molecular formula is C23H30ClN5O. The molecule has 1 aromatic carbocycles. The third-order valence-corrected chi connectivity index (χ3v) is 4.94. The van der Waals surface area contributed by atoms with Gasteiger partial charge in [-0.15, -0.1) is 10.2 Å². The number of carbonyl (C=O) groups excluding carboxylic acids is 1. The summed E-state index contributed by atoms with van der Waals surface area (Å²) in [4.78, 5) is 21.1. The van der Waals surface area contributed by atoms with E-state index in [-0.39, 0.29) is 11.9 Å². The predicted octanol–water partition coefficient (Wildman–Crippen LogP) is 5.08. The number of halogens is 1. The predicted molar refractivity (Wildman–Crippen MR) is 124 cm³/mol. The van der Waals surface area contributed by atoms with Gasteiger partial charge in [-0.2, -0.15) is 0 Å². The number of amides is 1. The number of pyridine rings is 1. The highest BCUT2D eigenvalue weighted by molar-refractivity contribution is 6.34. The van der Waals surface area contributed by atoms with Crippen LogP contribution in [0.1, 0.15) is 45.0 Å². The smallest absolute Gasteiger partial charge is 0.253 e. The quantitative estimate of drug-likeness (QED) is 0.570. The first-order valence-corrected chi connectivity index (χ1v) is 10.9. The lowest BCUT2D eigenvalue weighted by Crippen LogP contribution is -2.54. The van der Waals surface area contributed by atoms with Crippen LogP contribution in [-0.2, 0) is 0 Å². The van der Waals surface area contributed by atoms with Gasteiger partial charge in [-0.3, -0.25) is 9.78 Å². The SMILES string of the molecule is CC.CC.CC1CN(C(=O)c2ccccc2)CCN1c1nnc(Cl)c2ncccc12. The Hall–Kier alpha value is -2.73. The van der Waals surface area contributed by atoms with Gasteiger partial charge in [0.25, 0.3) is 5.91 Å². The lowest BCUT2D eigenvalue weighted by molar-refractivity contribution is 0.0726. The molecule has 4 rings (SSSR count). The highest BCUT2D eigenvalue weighted by Gasteiger charge is 2.29. The van der Waals surface area contributed by atoms with E-state index >= 15 is 0 Å². The number of nitrogens with zero attached hydrogens (tertiary/aromatic N) is 5. The second-order valence-electron chi connectivity index (χ2n) is 6.37. The zero-order valence-corrected chi connectivity index (χ0v) is 19.1. The third kappa shape index (κ3) is 5.05. The fraction of sp³-hybridized carbons (Fsp3) is 0.391. The van der Waals surface area contributed by atoms with Crippen LogP contribution in [0.3, 0.4) is 0 Å². The van der Waals surface area contributed by atoms with Crippen molar-refractivity contribution in [2.75, 3.05) is 24.5 Å². The van der Waals surface area contributed by atoms with Crippen molar-refractivity contribution in [1.82, 2.24) is 20.1 Å². The van der Waals surface area contributed by atoms with Gasteiger partial charge < -0.3 is 9.80 Å². The van der Waals surface area contributed by atoms with Crippen LogP contribution in [-0.4, -0.2) is 51.7 Å². The minimum absolute atomic E-state index is 0.0609. The maximum absolute atomic E-state index is 12.7. The normalized spacial score (nSPS) is 15.6. The molecule has 1 aliphatic heterocycles. The summed E-state index contributed by atoms with van der Waals surface area (Å²) in [5, 5.41) is 9.54. The summed E-state index contributed by atoms with van der Waals surface area (Å²) in [5.74, 6) is 0.822. The molecule has 1 amide bonds. The molecule has 0 radical (unpaired) electrons. The van der Waals surface area contributed by atoms with Crippen molar-refractivity contribution in [2.45, 2.75) is 40.7 Å². The summed E-state index contributed by atoms with van der Waals surface area (Å²) in [7, 11) is 0. The van der Waals surface area contributed by atoms with Gasteiger partial charge in [0.1, 0.15) is 5.52 Å². The topological polar surface area (TPSA) is 62.2 Å². The van der Waals surface area contributed by atoms with Crippen LogP contribution >= 0.6 is 11.6 Å². The largest absolute Gasteiger partial charge is 0.348 e. The van der Waals surface area contributed by atoms with Gasteiger partial charge in [0.2, 0.25) is 0 Å². The molecule has 0 N–H and O–H groups in total. The van der Waals surface area contributed by atoms with E-state index in [1.165, 1.54) is 0 Å². The van der Waals surface area contributed by atoms with Gasteiger partial charge in [0.05, 0.1) is 0 Å². The monoisotopic (exact) mass is 427 g/mol. The van der Waals surface area contributed by atoms with E-state index in [0.717, 1.165) is 11.2 Å². The summed E-state index contributed by atoms with van der Waals surface area (Å²) in [5.41, 5.74) is 1.36. The maximum atomic E-state index is 12.7. The molecule has 1 fully saturated rings. The number of hydrogen-bond acceptors (Lipinski definition) is 5. The molecule has 7 heteroatoms. The molecule has 0 aliphatic carbocycles. The van der Waals surface area contributed by atoms with E-state index in [9.17, 15) is 4.79 Å². The summed E-state index contributed by atoms with van der Waals surface area (Å²) >= 11 is 6.13. The number of hydrogen-bond donors (Lipinski definition) is 0. The highest BCUT2D eigenvalue weighted by Crippen LogP contribution is 2.29. The molecule has 3 aromatic rings. The Morgan fingerprint density at radius 3 is 2.37 bits per heavy atom. The molecular weight excluding hydrogens is 398 g/mol. The van der Waals surface area contributed by atoms with E-state index in [1.807, 2.05) is 75.1 Å². The molecule has 1 atom stereocenters. The number of benzene rings is 1. The van der Waals surface area contributed by atoms with Gasteiger partial charge in [-0.05, 0) is 31.2 Å². The number of piperazine rings is 1. The Kier molecular flexibility index (Phi) is 8.99. The zero-order chi connectivity index (χ0) is 22.1. The Balaban J connectivity index is 0.000000757. The zero-order valence-electron chi connectivity index (χ0n) is 18.3. The summed E-state index contributed by atoms with van der Waals surface area (Å²) < 4.78 is 0. The molecule has 1 unspecified atom stereocenters. The molecule has 1 aliphatic rings. The molecule has 2 aromatic heterocycles. The van der Waals surface area contributed by atoms with Crippen molar-refractivity contribution in [3.8, 4) is 0 Å². The van der Waals surface area contributed by atoms with Gasteiger partial charge in [0, 0.05) is 42.8 Å². The molecule has 0 saturated carbocycles.